The van der Waals surface area contributed by atoms with Gasteiger partial charge in [0.1, 0.15) is 17.0 Å². The summed E-state index contributed by atoms with van der Waals surface area (Å²) in [5.41, 5.74) is 0.169. The van der Waals surface area contributed by atoms with E-state index < -0.39 is 24.7 Å². The van der Waals surface area contributed by atoms with Gasteiger partial charge >= 0.3 is 6.09 Å². The van der Waals surface area contributed by atoms with Gasteiger partial charge in [0.2, 0.25) is 0 Å². The molecule has 2 aromatic heterocycles. The smallest absolute Gasteiger partial charge is 0.410 e. The lowest BCUT2D eigenvalue weighted by Crippen LogP contribution is -2.41. The van der Waals surface area contributed by atoms with Crippen molar-refractivity contribution in [2.75, 3.05) is 32.1 Å². The van der Waals surface area contributed by atoms with Gasteiger partial charge in [-0.3, -0.25) is 19.7 Å². The second kappa shape index (κ2) is 15.6. The molecule has 0 atom stereocenters. The average Bonchev–Trinajstić information content (AvgIpc) is 3.49. The first-order chi connectivity index (χ1) is 20.7. The highest BCUT2D eigenvalue weighted by molar-refractivity contribution is 6.74. The molecule has 0 radical (unpaired) electrons. The van der Waals surface area contributed by atoms with E-state index in [0.717, 1.165) is 19.3 Å². The van der Waals surface area contributed by atoms with E-state index in [4.69, 9.17) is 9.16 Å². The Morgan fingerprint density at radius 3 is 2.22 bits per heavy atom. The van der Waals surface area contributed by atoms with Gasteiger partial charge in [0.25, 0.3) is 17.5 Å². The number of nitrogens with one attached hydrogen (secondary N) is 2. The molecule has 2 rings (SSSR count). The van der Waals surface area contributed by atoms with Gasteiger partial charge in [0.05, 0.1) is 16.8 Å². The van der Waals surface area contributed by atoms with E-state index in [1.54, 1.807) is 35.8 Å². The summed E-state index contributed by atoms with van der Waals surface area (Å²) in [6.07, 6.45) is 5.54. The van der Waals surface area contributed by atoms with Crippen molar-refractivity contribution in [2.45, 2.75) is 97.5 Å². The molecule has 13 nitrogen and oxygen atoms in total. The number of carbonyl (C=O) groups is 3. The van der Waals surface area contributed by atoms with Crippen LogP contribution in [0.5, 0.6) is 0 Å². The minimum absolute atomic E-state index is 0.105. The van der Waals surface area contributed by atoms with E-state index in [1.165, 1.54) is 16.8 Å². The molecule has 0 fully saturated rings. The van der Waals surface area contributed by atoms with E-state index in [9.17, 15) is 24.5 Å². The van der Waals surface area contributed by atoms with Crippen LogP contribution in [0.3, 0.4) is 0 Å². The zero-order valence-corrected chi connectivity index (χ0v) is 29.6. The highest BCUT2D eigenvalue weighted by Gasteiger charge is 2.36. The second-order valence-electron chi connectivity index (χ2n) is 13.9. The zero-order valence-electron chi connectivity index (χ0n) is 28.6. The molecule has 0 aromatic carbocycles. The molecule has 0 unspecified atom stereocenters. The molecule has 0 aliphatic carbocycles. The molecule has 2 N–H and O–H groups in total. The van der Waals surface area contributed by atoms with Crippen LogP contribution < -0.4 is 10.6 Å². The number of nitro groups is 1. The van der Waals surface area contributed by atoms with Gasteiger partial charge in [0, 0.05) is 52.6 Å². The van der Waals surface area contributed by atoms with Crippen LogP contribution in [-0.2, 0) is 22.8 Å². The number of hydrogen-bond acceptors (Lipinski definition) is 7. The second-order valence-corrected chi connectivity index (χ2v) is 18.7. The fourth-order valence-electron chi connectivity index (χ4n) is 4.17. The Bertz CT molecular complexity index is 1340. The van der Waals surface area contributed by atoms with Crippen LogP contribution in [0, 0.1) is 10.1 Å². The number of anilines is 1. The zero-order chi connectivity index (χ0) is 34.2. The van der Waals surface area contributed by atoms with Crippen molar-refractivity contribution in [3.05, 3.63) is 46.0 Å². The van der Waals surface area contributed by atoms with Crippen molar-refractivity contribution in [2.24, 2.45) is 7.05 Å². The summed E-state index contributed by atoms with van der Waals surface area (Å²) in [5, 5.41) is 17.0. The topological polar surface area (TPSA) is 150 Å². The third-order valence-corrected chi connectivity index (χ3v) is 12.3. The van der Waals surface area contributed by atoms with Crippen molar-refractivity contribution >= 4 is 37.6 Å². The van der Waals surface area contributed by atoms with Crippen LogP contribution in [0.4, 0.5) is 16.2 Å². The molecule has 2 aromatic rings. The predicted octanol–water partition coefficient (Wildman–Crippen LogP) is 6.17. The van der Waals surface area contributed by atoms with Crippen LogP contribution in [0.15, 0.2) is 24.5 Å². The van der Waals surface area contributed by atoms with Gasteiger partial charge in [-0.05, 0) is 70.7 Å². The SMILES string of the molecule is CN(CCCCCn1cc(NC(=O)c2cc([N+](=O)[O-])cn2C)cc1C(=O)NCCCO[Si](C)(C)C(C)(C)C)C(=O)OC(C)(C)C. The number of aryl methyl sites for hydroxylation is 2. The number of aromatic nitrogens is 2. The van der Waals surface area contributed by atoms with Crippen LogP contribution in [0.2, 0.25) is 18.1 Å². The maximum atomic E-state index is 13.2. The van der Waals surface area contributed by atoms with Gasteiger partial charge < -0.3 is 33.8 Å². The summed E-state index contributed by atoms with van der Waals surface area (Å²) in [7, 11) is 1.39. The standard InChI is InChI=1S/C31H52N6O7Si/c1-30(2,3)44-29(40)34(7)16-12-11-13-17-36-21-23(33-28(39)25-20-24(37(41)42)22-35(25)8)19-26(36)27(38)32-15-14-18-43-45(9,10)31(4,5)6/h19-22H,11-18H2,1-10H3,(H,32,38)(H,33,39). The van der Waals surface area contributed by atoms with E-state index >= 15 is 0 Å². The van der Waals surface area contributed by atoms with E-state index in [2.05, 4.69) is 44.5 Å². The normalized spacial score (nSPS) is 12.1. The number of carbonyl (C=O) groups excluding carboxylic acids is 3. The van der Waals surface area contributed by atoms with Gasteiger partial charge in [-0.15, -0.1) is 0 Å². The third-order valence-electron chi connectivity index (χ3n) is 7.79. The molecule has 0 saturated carbocycles. The van der Waals surface area contributed by atoms with Gasteiger partial charge in [-0.25, -0.2) is 4.79 Å². The Morgan fingerprint density at radius 2 is 1.64 bits per heavy atom. The third kappa shape index (κ3) is 11.7. The Morgan fingerprint density at radius 1 is 0.978 bits per heavy atom. The van der Waals surface area contributed by atoms with Gasteiger partial charge in [0.15, 0.2) is 8.32 Å². The molecule has 3 amide bonds. The molecule has 0 saturated heterocycles. The molecular weight excluding hydrogens is 596 g/mol. The van der Waals surface area contributed by atoms with E-state index in [-0.39, 0.29) is 28.4 Å². The summed E-state index contributed by atoms with van der Waals surface area (Å²) in [6.45, 7) is 18.5. The average molecular weight is 649 g/mol. The summed E-state index contributed by atoms with van der Waals surface area (Å²) in [4.78, 5) is 50.5. The first kappa shape index (κ1) is 37.5. The van der Waals surface area contributed by atoms with Gasteiger partial charge in [-0.2, -0.15) is 0 Å². The largest absolute Gasteiger partial charge is 0.444 e. The first-order valence-electron chi connectivity index (χ1n) is 15.4. The fraction of sp³-hybridized carbons (Fsp3) is 0.645. The molecule has 2 heterocycles. The quantitative estimate of drug-likeness (QED) is 0.102. The summed E-state index contributed by atoms with van der Waals surface area (Å²) in [6, 6.07) is 2.81. The number of amides is 3. The maximum Gasteiger partial charge on any atom is 0.410 e. The number of ether oxygens (including phenoxy) is 1. The van der Waals surface area contributed by atoms with Crippen LogP contribution in [0.25, 0.3) is 0 Å². The molecule has 14 heteroatoms. The summed E-state index contributed by atoms with van der Waals surface area (Å²) >= 11 is 0. The molecule has 45 heavy (non-hydrogen) atoms. The number of unbranched alkanes of at least 4 members (excludes halogenated alkanes) is 2. The van der Waals surface area contributed by atoms with Crippen LogP contribution >= 0.6 is 0 Å². The van der Waals surface area contributed by atoms with Crippen LogP contribution in [-0.4, -0.2) is 77.5 Å². The minimum Gasteiger partial charge on any atom is -0.444 e. The highest BCUT2D eigenvalue weighted by atomic mass is 28.4. The Labute approximate surface area is 267 Å². The Hall–Kier alpha value is -3.65. The van der Waals surface area contributed by atoms with E-state index in [0.29, 0.717) is 44.0 Å². The summed E-state index contributed by atoms with van der Waals surface area (Å²) in [5.74, 6) is -0.801. The van der Waals surface area contributed by atoms with Crippen molar-refractivity contribution in [3.8, 4) is 0 Å². The molecule has 0 bridgehead atoms. The number of nitrogens with zero attached hydrogens (tertiary/aromatic N) is 4. The van der Waals surface area contributed by atoms with E-state index in [1.807, 2.05) is 20.8 Å². The number of rotatable bonds is 15. The lowest BCUT2D eigenvalue weighted by Gasteiger charge is -2.36. The Balaban J connectivity index is 2.06. The van der Waals surface area contributed by atoms with Crippen molar-refractivity contribution < 1.29 is 28.5 Å². The van der Waals surface area contributed by atoms with Crippen molar-refractivity contribution in [3.63, 3.8) is 0 Å². The lowest BCUT2D eigenvalue weighted by molar-refractivity contribution is -0.384. The molecule has 0 aliphatic heterocycles. The van der Waals surface area contributed by atoms with Crippen LogP contribution in [0.1, 0.15) is 88.2 Å². The van der Waals surface area contributed by atoms with Crippen molar-refractivity contribution in [1.82, 2.24) is 19.4 Å². The summed E-state index contributed by atoms with van der Waals surface area (Å²) < 4.78 is 14.8. The molecule has 0 aliphatic rings. The molecular formula is C31H52N6O7Si. The molecule has 252 valence electrons. The fourth-order valence-corrected chi connectivity index (χ4v) is 5.26. The minimum atomic E-state index is -1.88. The first-order valence-corrected chi connectivity index (χ1v) is 18.3. The Kier molecular flexibility index (Phi) is 13.0. The van der Waals surface area contributed by atoms with Crippen molar-refractivity contribution in [1.29, 1.82) is 0 Å². The highest BCUT2D eigenvalue weighted by Crippen LogP contribution is 2.36. The lowest BCUT2D eigenvalue weighted by atomic mass is 10.2. The predicted molar refractivity (Wildman–Crippen MR) is 177 cm³/mol. The monoisotopic (exact) mass is 648 g/mol. The maximum absolute atomic E-state index is 13.2. The number of hydrogen-bond donors (Lipinski definition) is 2. The van der Waals surface area contributed by atoms with Gasteiger partial charge in [-0.1, -0.05) is 20.8 Å². The molecule has 0 spiro atoms.